The third-order valence-corrected chi connectivity index (χ3v) is 3.77. The molecule has 20 heavy (non-hydrogen) atoms. The molecule has 1 heterocycles. The van der Waals surface area contributed by atoms with Crippen molar-refractivity contribution in [2.45, 2.75) is 26.3 Å². The van der Waals surface area contributed by atoms with Crippen molar-refractivity contribution in [3.05, 3.63) is 34.3 Å². The van der Waals surface area contributed by atoms with E-state index in [9.17, 15) is 4.79 Å². The van der Waals surface area contributed by atoms with Gasteiger partial charge in [0.05, 0.1) is 10.7 Å². The van der Waals surface area contributed by atoms with Gasteiger partial charge in [0, 0.05) is 0 Å². The van der Waals surface area contributed by atoms with Crippen LogP contribution in [-0.2, 0) is 4.79 Å². The molecular weight excluding hydrogens is 296 g/mol. The van der Waals surface area contributed by atoms with Gasteiger partial charge in [-0.25, -0.2) is 0 Å². The van der Waals surface area contributed by atoms with E-state index in [0.717, 1.165) is 10.7 Å². The summed E-state index contributed by atoms with van der Waals surface area (Å²) in [6.07, 6.45) is 0.634. The summed E-state index contributed by atoms with van der Waals surface area (Å²) in [5.74, 6) is -0.149. The first kappa shape index (κ1) is 14.7. The Balaban J connectivity index is 2.04. The van der Waals surface area contributed by atoms with Crippen LogP contribution in [0.15, 0.2) is 24.3 Å². The van der Waals surface area contributed by atoms with Crippen LogP contribution < -0.4 is 10.6 Å². The molecule has 2 N–H and O–H groups in total. The second kappa shape index (κ2) is 6.67. The summed E-state index contributed by atoms with van der Waals surface area (Å²) in [6, 6.07) is 6.96. The fourth-order valence-corrected chi connectivity index (χ4v) is 2.44. The van der Waals surface area contributed by atoms with Gasteiger partial charge in [-0.2, -0.15) is 0 Å². The van der Waals surface area contributed by atoms with Crippen molar-refractivity contribution in [2.24, 2.45) is 0 Å². The van der Waals surface area contributed by atoms with E-state index in [1.807, 2.05) is 32.0 Å². The van der Waals surface area contributed by atoms with Crippen LogP contribution >= 0.6 is 22.9 Å². The van der Waals surface area contributed by atoms with Crippen molar-refractivity contribution in [1.29, 1.82) is 0 Å². The lowest BCUT2D eigenvalue weighted by Gasteiger charge is -2.17. The predicted octanol–water partition coefficient (Wildman–Crippen LogP) is 3.33. The number of benzene rings is 1. The monoisotopic (exact) mass is 310 g/mol. The molecule has 1 atom stereocenters. The molecule has 1 aromatic carbocycles. The van der Waals surface area contributed by atoms with E-state index in [0.29, 0.717) is 16.6 Å². The molecule has 0 aliphatic carbocycles. The first-order valence-corrected chi connectivity index (χ1v) is 7.41. The summed E-state index contributed by atoms with van der Waals surface area (Å²) < 4.78 is 0. The van der Waals surface area contributed by atoms with Gasteiger partial charge < -0.3 is 5.32 Å². The average Bonchev–Trinajstić information content (AvgIpc) is 2.83. The van der Waals surface area contributed by atoms with E-state index in [4.69, 9.17) is 11.6 Å². The van der Waals surface area contributed by atoms with Crippen LogP contribution in [0.2, 0.25) is 5.02 Å². The zero-order valence-corrected chi connectivity index (χ0v) is 12.8. The number of anilines is 2. The van der Waals surface area contributed by atoms with Gasteiger partial charge in [0.1, 0.15) is 11.0 Å². The Morgan fingerprint density at radius 3 is 2.75 bits per heavy atom. The minimum Gasteiger partial charge on any atom is -0.372 e. The van der Waals surface area contributed by atoms with Gasteiger partial charge in [0.15, 0.2) is 0 Å². The summed E-state index contributed by atoms with van der Waals surface area (Å²) in [4.78, 5) is 12.2. The molecular formula is C13H15ClN4OS. The van der Waals surface area contributed by atoms with Crippen molar-refractivity contribution >= 4 is 39.7 Å². The molecule has 0 radical (unpaired) electrons. The average molecular weight is 311 g/mol. The molecule has 0 aliphatic rings. The lowest BCUT2D eigenvalue weighted by atomic mass is 10.2. The Morgan fingerprint density at radius 1 is 1.40 bits per heavy atom. The van der Waals surface area contributed by atoms with Crippen molar-refractivity contribution in [3.63, 3.8) is 0 Å². The second-order valence-corrected chi connectivity index (χ2v) is 5.79. The van der Waals surface area contributed by atoms with Gasteiger partial charge >= 0.3 is 0 Å². The number of hydrogen-bond acceptors (Lipinski definition) is 5. The zero-order valence-electron chi connectivity index (χ0n) is 11.2. The van der Waals surface area contributed by atoms with Crippen molar-refractivity contribution in [1.82, 2.24) is 10.2 Å². The van der Waals surface area contributed by atoms with Crippen LogP contribution in [0, 0.1) is 6.92 Å². The Kier molecular flexibility index (Phi) is 4.92. The molecule has 0 aliphatic heterocycles. The number of aromatic nitrogens is 2. The maximum absolute atomic E-state index is 12.2. The number of aryl methyl sites for hydroxylation is 1. The molecule has 2 aromatic rings. The Labute approximate surface area is 126 Å². The number of para-hydroxylation sites is 1. The Morgan fingerprint density at radius 2 is 2.15 bits per heavy atom. The number of rotatable bonds is 5. The van der Waals surface area contributed by atoms with Gasteiger partial charge in [0.2, 0.25) is 11.0 Å². The van der Waals surface area contributed by atoms with E-state index in [1.165, 1.54) is 11.3 Å². The van der Waals surface area contributed by atoms with Crippen LogP contribution in [0.5, 0.6) is 0 Å². The van der Waals surface area contributed by atoms with E-state index >= 15 is 0 Å². The SMILES string of the molecule is CC[C@@H](Nc1ccccc1Cl)C(=O)Nc1nnc(C)s1. The van der Waals surface area contributed by atoms with E-state index in [1.54, 1.807) is 6.07 Å². The summed E-state index contributed by atoms with van der Waals surface area (Å²) in [7, 11) is 0. The minimum atomic E-state index is -0.376. The first-order valence-electron chi connectivity index (χ1n) is 6.22. The highest BCUT2D eigenvalue weighted by Gasteiger charge is 2.18. The highest BCUT2D eigenvalue weighted by Crippen LogP contribution is 2.22. The quantitative estimate of drug-likeness (QED) is 0.889. The van der Waals surface area contributed by atoms with Crippen LogP contribution in [0.4, 0.5) is 10.8 Å². The molecule has 5 nitrogen and oxygen atoms in total. The summed E-state index contributed by atoms with van der Waals surface area (Å²) >= 11 is 7.42. The Hall–Kier alpha value is -1.66. The van der Waals surface area contributed by atoms with Crippen molar-refractivity contribution < 1.29 is 4.79 Å². The predicted molar refractivity (Wildman–Crippen MR) is 82.4 cm³/mol. The van der Waals surface area contributed by atoms with Crippen LogP contribution in [0.3, 0.4) is 0 Å². The molecule has 0 saturated carbocycles. The normalized spacial score (nSPS) is 11.9. The van der Waals surface area contributed by atoms with Crippen LogP contribution in [0.25, 0.3) is 0 Å². The summed E-state index contributed by atoms with van der Waals surface area (Å²) in [5.41, 5.74) is 0.740. The smallest absolute Gasteiger partial charge is 0.248 e. The molecule has 1 aromatic heterocycles. The molecule has 0 unspecified atom stereocenters. The number of carbonyl (C=O) groups excluding carboxylic acids is 1. The molecule has 0 saturated heterocycles. The third kappa shape index (κ3) is 3.68. The lowest BCUT2D eigenvalue weighted by Crippen LogP contribution is -2.34. The fourth-order valence-electron chi connectivity index (χ4n) is 1.66. The molecule has 0 bridgehead atoms. The number of carbonyl (C=O) groups is 1. The van der Waals surface area contributed by atoms with E-state index < -0.39 is 0 Å². The van der Waals surface area contributed by atoms with Gasteiger partial charge in [-0.05, 0) is 25.5 Å². The molecule has 0 spiro atoms. The molecule has 106 valence electrons. The first-order chi connectivity index (χ1) is 9.60. The van der Waals surface area contributed by atoms with E-state index in [2.05, 4.69) is 20.8 Å². The van der Waals surface area contributed by atoms with Crippen molar-refractivity contribution in [2.75, 3.05) is 10.6 Å². The number of nitrogens with zero attached hydrogens (tertiary/aromatic N) is 2. The zero-order chi connectivity index (χ0) is 14.5. The number of hydrogen-bond donors (Lipinski definition) is 2. The standard InChI is InChI=1S/C13H15ClN4OS/c1-3-10(15-11-7-5-4-6-9(11)14)12(19)16-13-18-17-8(2)20-13/h4-7,10,15H,3H2,1-2H3,(H,16,18,19)/t10-/m1/s1. The largest absolute Gasteiger partial charge is 0.372 e. The van der Waals surface area contributed by atoms with Gasteiger partial charge in [-0.1, -0.05) is 42.0 Å². The fraction of sp³-hybridized carbons (Fsp3) is 0.308. The van der Waals surface area contributed by atoms with Crippen LogP contribution in [-0.4, -0.2) is 22.1 Å². The summed E-state index contributed by atoms with van der Waals surface area (Å²) in [6.45, 7) is 3.77. The van der Waals surface area contributed by atoms with Crippen LogP contribution in [0.1, 0.15) is 18.4 Å². The van der Waals surface area contributed by atoms with Gasteiger partial charge in [-0.15, -0.1) is 10.2 Å². The third-order valence-electron chi connectivity index (χ3n) is 2.68. The molecule has 7 heteroatoms. The van der Waals surface area contributed by atoms with E-state index in [-0.39, 0.29) is 11.9 Å². The summed E-state index contributed by atoms with van der Waals surface area (Å²) in [5, 5.41) is 15.5. The number of amides is 1. The maximum Gasteiger partial charge on any atom is 0.248 e. The highest BCUT2D eigenvalue weighted by atomic mass is 35.5. The number of halogens is 1. The van der Waals surface area contributed by atoms with Gasteiger partial charge in [-0.3, -0.25) is 10.1 Å². The molecule has 1 amide bonds. The minimum absolute atomic E-state index is 0.149. The topological polar surface area (TPSA) is 66.9 Å². The highest BCUT2D eigenvalue weighted by molar-refractivity contribution is 7.15. The second-order valence-electron chi connectivity index (χ2n) is 4.20. The number of nitrogens with one attached hydrogen (secondary N) is 2. The maximum atomic E-state index is 12.2. The molecule has 2 rings (SSSR count). The lowest BCUT2D eigenvalue weighted by molar-refractivity contribution is -0.117. The Bertz CT molecular complexity index is 602. The van der Waals surface area contributed by atoms with Crippen molar-refractivity contribution in [3.8, 4) is 0 Å². The molecule has 0 fully saturated rings. The van der Waals surface area contributed by atoms with Gasteiger partial charge in [0.25, 0.3) is 0 Å².